The van der Waals surface area contributed by atoms with Crippen LogP contribution in [-0.2, 0) is 6.42 Å². The van der Waals surface area contributed by atoms with Crippen molar-refractivity contribution in [2.24, 2.45) is 11.8 Å². The Labute approximate surface area is 151 Å². The topological polar surface area (TPSA) is 92.6 Å². The van der Waals surface area contributed by atoms with Crippen LogP contribution in [0.1, 0.15) is 40.4 Å². The lowest BCUT2D eigenvalue weighted by atomic mass is 9.84. The number of ether oxygens (including phenoxy) is 1. The molecule has 1 aromatic heterocycles. The van der Waals surface area contributed by atoms with Crippen LogP contribution in [0.25, 0.3) is 0 Å². The van der Waals surface area contributed by atoms with Gasteiger partial charge >= 0.3 is 5.97 Å². The molecule has 7 heteroatoms. The van der Waals surface area contributed by atoms with Crippen LogP contribution >= 0.6 is 0 Å². The van der Waals surface area contributed by atoms with Crippen LogP contribution in [0, 0.1) is 11.8 Å². The largest absolute Gasteiger partial charge is 0.497 e. The maximum absolute atomic E-state index is 13.0. The van der Waals surface area contributed by atoms with Gasteiger partial charge in [0.1, 0.15) is 11.4 Å². The highest BCUT2D eigenvalue weighted by molar-refractivity contribution is 6.05. The second kappa shape index (κ2) is 7.11. The van der Waals surface area contributed by atoms with E-state index in [0.29, 0.717) is 18.4 Å². The first-order valence-corrected chi connectivity index (χ1v) is 8.44. The van der Waals surface area contributed by atoms with Gasteiger partial charge < -0.3 is 14.7 Å². The molecule has 0 spiro atoms. The average Bonchev–Trinajstić information content (AvgIpc) is 2.65. The van der Waals surface area contributed by atoms with E-state index < -0.39 is 5.97 Å². The minimum Gasteiger partial charge on any atom is -0.497 e. The number of rotatable bonds is 4. The number of aromatic carboxylic acids is 1. The third-order valence-electron chi connectivity index (χ3n) is 4.75. The van der Waals surface area contributed by atoms with Gasteiger partial charge in [0.05, 0.1) is 19.5 Å². The standard InChI is InChI=1S/C19H21N3O4/c1-11(2)13-6-12-7-14(26-3)4-5-17(12)22(10-13)18(23)15-8-21-16(9-20-15)19(24)25/h4-5,7-9,11,13H,6,10H2,1-3H3,(H,24,25)/t13-/m0/s1. The molecule has 0 aliphatic carbocycles. The molecule has 136 valence electrons. The summed E-state index contributed by atoms with van der Waals surface area (Å²) in [6.45, 7) is 4.86. The van der Waals surface area contributed by atoms with E-state index in [2.05, 4.69) is 23.8 Å². The number of benzene rings is 1. The number of methoxy groups -OCH3 is 1. The second-order valence-corrected chi connectivity index (χ2v) is 6.71. The first-order chi connectivity index (χ1) is 12.4. The smallest absolute Gasteiger partial charge is 0.356 e. The van der Waals surface area contributed by atoms with Gasteiger partial charge in [-0.15, -0.1) is 0 Å². The number of fused-ring (bicyclic) bond motifs is 1. The van der Waals surface area contributed by atoms with Crippen LogP contribution in [0.5, 0.6) is 5.75 Å². The molecule has 0 saturated carbocycles. The van der Waals surface area contributed by atoms with Gasteiger partial charge in [-0.05, 0) is 42.0 Å². The van der Waals surface area contributed by atoms with Crippen molar-refractivity contribution >= 4 is 17.6 Å². The Balaban J connectivity index is 1.97. The fraction of sp³-hybridized carbons (Fsp3) is 0.368. The van der Waals surface area contributed by atoms with Crippen LogP contribution < -0.4 is 9.64 Å². The molecule has 7 nitrogen and oxygen atoms in total. The molecule has 2 aromatic rings. The molecule has 3 rings (SSSR count). The number of nitrogens with zero attached hydrogens (tertiary/aromatic N) is 3. The lowest BCUT2D eigenvalue weighted by Gasteiger charge is -2.36. The molecule has 0 fully saturated rings. The number of hydrogen-bond donors (Lipinski definition) is 1. The zero-order valence-electron chi connectivity index (χ0n) is 15.0. The van der Waals surface area contributed by atoms with Gasteiger partial charge in [-0.25, -0.2) is 14.8 Å². The third kappa shape index (κ3) is 3.37. The highest BCUT2D eigenvalue weighted by Crippen LogP contribution is 2.35. The number of hydrogen-bond acceptors (Lipinski definition) is 5. The van der Waals surface area contributed by atoms with Crippen molar-refractivity contribution in [1.29, 1.82) is 0 Å². The highest BCUT2D eigenvalue weighted by atomic mass is 16.5. The molecule has 1 N–H and O–H groups in total. The summed E-state index contributed by atoms with van der Waals surface area (Å²) in [6, 6.07) is 5.67. The number of carboxylic acid groups (broad SMARTS) is 1. The predicted octanol–water partition coefficient (Wildman–Crippen LogP) is 2.66. The number of amides is 1. The van der Waals surface area contributed by atoms with Gasteiger partial charge in [-0.3, -0.25) is 4.79 Å². The Kier molecular flexibility index (Phi) is 4.88. The Hall–Kier alpha value is -2.96. The summed E-state index contributed by atoms with van der Waals surface area (Å²) >= 11 is 0. The number of carboxylic acids is 1. The second-order valence-electron chi connectivity index (χ2n) is 6.71. The molecule has 0 saturated heterocycles. The van der Waals surface area contributed by atoms with E-state index >= 15 is 0 Å². The third-order valence-corrected chi connectivity index (χ3v) is 4.75. The molecule has 0 radical (unpaired) electrons. The van der Waals surface area contributed by atoms with E-state index in [1.165, 1.54) is 6.20 Å². The van der Waals surface area contributed by atoms with Crippen LogP contribution in [0.2, 0.25) is 0 Å². The molecule has 26 heavy (non-hydrogen) atoms. The van der Waals surface area contributed by atoms with Gasteiger partial charge in [0.15, 0.2) is 5.69 Å². The fourth-order valence-corrected chi connectivity index (χ4v) is 3.12. The maximum atomic E-state index is 13.0. The average molecular weight is 355 g/mol. The Morgan fingerprint density at radius 1 is 1.23 bits per heavy atom. The molecule has 2 heterocycles. The summed E-state index contributed by atoms with van der Waals surface area (Å²) < 4.78 is 5.31. The SMILES string of the molecule is COc1ccc2c(c1)C[C@H](C(C)C)CN2C(=O)c1cnc(C(=O)O)cn1. The van der Waals surface area contributed by atoms with E-state index in [0.717, 1.165) is 29.6 Å². The van der Waals surface area contributed by atoms with Crippen LogP contribution in [-0.4, -0.2) is 40.6 Å². The lowest BCUT2D eigenvalue weighted by Crippen LogP contribution is -2.42. The molecular formula is C19H21N3O4. The van der Waals surface area contributed by atoms with Crippen molar-refractivity contribution in [3.8, 4) is 5.75 Å². The monoisotopic (exact) mass is 355 g/mol. The first-order valence-electron chi connectivity index (χ1n) is 8.44. The summed E-state index contributed by atoms with van der Waals surface area (Å²) in [7, 11) is 1.62. The zero-order chi connectivity index (χ0) is 18.8. The van der Waals surface area contributed by atoms with Crippen LogP contribution in [0.15, 0.2) is 30.6 Å². The van der Waals surface area contributed by atoms with Gasteiger partial charge in [-0.1, -0.05) is 13.8 Å². The molecule has 0 unspecified atom stereocenters. The van der Waals surface area contributed by atoms with Crippen molar-refractivity contribution in [2.75, 3.05) is 18.6 Å². The molecular weight excluding hydrogens is 334 g/mol. The molecule has 1 amide bonds. The van der Waals surface area contributed by atoms with Crippen molar-refractivity contribution in [3.05, 3.63) is 47.5 Å². The molecule has 0 bridgehead atoms. The summed E-state index contributed by atoms with van der Waals surface area (Å²) in [4.78, 5) is 33.4. The summed E-state index contributed by atoms with van der Waals surface area (Å²) in [5.41, 5.74) is 1.82. The van der Waals surface area contributed by atoms with Crippen molar-refractivity contribution < 1.29 is 19.4 Å². The van der Waals surface area contributed by atoms with Crippen LogP contribution in [0.4, 0.5) is 5.69 Å². The van der Waals surface area contributed by atoms with Gasteiger partial charge in [0.25, 0.3) is 5.91 Å². The van der Waals surface area contributed by atoms with Crippen molar-refractivity contribution in [3.63, 3.8) is 0 Å². The van der Waals surface area contributed by atoms with E-state index in [4.69, 9.17) is 9.84 Å². The Morgan fingerprint density at radius 2 is 1.92 bits per heavy atom. The zero-order valence-corrected chi connectivity index (χ0v) is 15.0. The quantitative estimate of drug-likeness (QED) is 0.906. The fourth-order valence-electron chi connectivity index (χ4n) is 3.12. The molecule has 1 atom stereocenters. The lowest BCUT2D eigenvalue weighted by molar-refractivity contribution is 0.0689. The number of carbonyl (C=O) groups is 2. The Morgan fingerprint density at radius 3 is 2.50 bits per heavy atom. The van der Waals surface area contributed by atoms with E-state index in [1.807, 2.05) is 18.2 Å². The number of aromatic nitrogens is 2. The predicted molar refractivity (Wildman–Crippen MR) is 95.7 cm³/mol. The molecule has 1 aromatic carbocycles. The van der Waals surface area contributed by atoms with Crippen LogP contribution in [0.3, 0.4) is 0 Å². The minimum absolute atomic E-state index is 0.126. The number of carbonyl (C=O) groups excluding carboxylic acids is 1. The first kappa shape index (κ1) is 17.8. The van der Waals surface area contributed by atoms with Crippen molar-refractivity contribution in [2.45, 2.75) is 20.3 Å². The summed E-state index contributed by atoms with van der Waals surface area (Å²) in [6.07, 6.45) is 3.19. The van der Waals surface area contributed by atoms with Gasteiger partial charge in [0, 0.05) is 12.2 Å². The summed E-state index contributed by atoms with van der Waals surface area (Å²) in [5.74, 6) is 0.0130. The maximum Gasteiger partial charge on any atom is 0.356 e. The molecule has 1 aliphatic rings. The Bertz CT molecular complexity index is 833. The van der Waals surface area contributed by atoms with Crippen molar-refractivity contribution in [1.82, 2.24) is 9.97 Å². The normalized spacial score (nSPS) is 16.3. The van der Waals surface area contributed by atoms with E-state index in [1.54, 1.807) is 12.0 Å². The van der Waals surface area contributed by atoms with Gasteiger partial charge in [-0.2, -0.15) is 0 Å². The molecule has 1 aliphatic heterocycles. The highest BCUT2D eigenvalue weighted by Gasteiger charge is 2.31. The number of anilines is 1. The van der Waals surface area contributed by atoms with Gasteiger partial charge in [0.2, 0.25) is 0 Å². The van der Waals surface area contributed by atoms with E-state index in [9.17, 15) is 9.59 Å². The summed E-state index contributed by atoms with van der Waals surface area (Å²) in [5, 5.41) is 8.93. The minimum atomic E-state index is -1.17. The van der Waals surface area contributed by atoms with E-state index in [-0.39, 0.29) is 17.3 Å².